The number of sulfonamides is 1. The van der Waals surface area contributed by atoms with E-state index in [-0.39, 0.29) is 47.7 Å². The van der Waals surface area contributed by atoms with Crippen LogP contribution in [0.2, 0.25) is 0 Å². The molecule has 0 unspecified atom stereocenters. The predicted molar refractivity (Wildman–Crippen MR) is 144 cm³/mol. The summed E-state index contributed by atoms with van der Waals surface area (Å²) in [6.45, 7) is 2.10. The standard InChI is InChI=1S/C26H24N6O7S/c33-26-25(19-3-1-2-4-20(19)27-26)29-28-21-7-6-18(32(34)35)14-24(21)40(36,37)31-11-9-30(10-12-31)15-17-5-8-22-23(13-17)39-16-38-22/h1-8,13-14,27,33H,9-12,15-16H2. The van der Waals surface area contributed by atoms with Gasteiger partial charge >= 0.3 is 0 Å². The highest BCUT2D eigenvalue weighted by molar-refractivity contribution is 7.89. The first kappa shape index (κ1) is 25.7. The topological polar surface area (TPSA) is 163 Å². The number of nitro groups is 1. The lowest BCUT2D eigenvalue weighted by Crippen LogP contribution is -2.48. The molecule has 0 aliphatic carbocycles. The zero-order valence-corrected chi connectivity index (χ0v) is 21.9. The predicted octanol–water partition coefficient (Wildman–Crippen LogP) is 4.43. The summed E-state index contributed by atoms with van der Waals surface area (Å²) in [5.41, 5.74) is 1.33. The van der Waals surface area contributed by atoms with Crippen molar-refractivity contribution in [3.63, 3.8) is 0 Å². The molecule has 2 aliphatic rings. The van der Waals surface area contributed by atoms with Crippen LogP contribution < -0.4 is 9.47 Å². The van der Waals surface area contributed by atoms with Gasteiger partial charge in [0.25, 0.3) is 5.69 Å². The minimum atomic E-state index is -4.16. The zero-order valence-electron chi connectivity index (χ0n) is 21.1. The normalized spacial score (nSPS) is 16.2. The molecule has 0 radical (unpaired) electrons. The van der Waals surface area contributed by atoms with E-state index in [1.165, 1.54) is 16.4 Å². The second-order valence-corrected chi connectivity index (χ2v) is 11.3. The van der Waals surface area contributed by atoms with Gasteiger partial charge in [0.05, 0.1) is 10.4 Å². The molecule has 0 atom stereocenters. The fourth-order valence-electron chi connectivity index (χ4n) is 4.79. The number of nitro benzene ring substituents is 1. The average molecular weight is 565 g/mol. The number of piperazine rings is 1. The first-order valence-electron chi connectivity index (χ1n) is 12.4. The van der Waals surface area contributed by atoms with E-state index in [1.54, 1.807) is 24.3 Å². The number of para-hydroxylation sites is 1. The number of nitrogens with one attached hydrogen (secondary N) is 1. The number of rotatable bonds is 7. The van der Waals surface area contributed by atoms with Crippen LogP contribution in [0.15, 0.2) is 75.8 Å². The van der Waals surface area contributed by atoms with Crippen LogP contribution in [-0.2, 0) is 16.6 Å². The Balaban J connectivity index is 1.24. The van der Waals surface area contributed by atoms with E-state index in [0.29, 0.717) is 42.0 Å². The Morgan fingerprint density at radius 2 is 1.75 bits per heavy atom. The average Bonchev–Trinajstić information content (AvgIpc) is 3.55. The smallest absolute Gasteiger partial charge is 0.270 e. The molecule has 0 spiro atoms. The molecule has 3 aromatic carbocycles. The lowest BCUT2D eigenvalue weighted by molar-refractivity contribution is -0.385. The third kappa shape index (κ3) is 4.83. The number of fused-ring (bicyclic) bond motifs is 2. The maximum absolute atomic E-state index is 13.7. The number of non-ortho nitro benzene ring substituents is 1. The highest BCUT2D eigenvalue weighted by Crippen LogP contribution is 2.38. The van der Waals surface area contributed by atoms with Gasteiger partial charge in [0.15, 0.2) is 17.2 Å². The molecule has 6 rings (SSSR count). The van der Waals surface area contributed by atoms with Crippen LogP contribution in [0.25, 0.3) is 10.9 Å². The van der Waals surface area contributed by atoms with Crippen molar-refractivity contribution in [1.82, 2.24) is 14.2 Å². The first-order chi connectivity index (χ1) is 19.3. The van der Waals surface area contributed by atoms with Gasteiger partial charge in [-0.05, 0) is 29.8 Å². The molecule has 2 N–H and O–H groups in total. The van der Waals surface area contributed by atoms with E-state index in [9.17, 15) is 23.6 Å². The van der Waals surface area contributed by atoms with E-state index in [0.717, 1.165) is 11.6 Å². The molecule has 40 heavy (non-hydrogen) atoms. The minimum absolute atomic E-state index is 0.0712. The summed E-state index contributed by atoms with van der Waals surface area (Å²) in [7, 11) is -4.16. The lowest BCUT2D eigenvalue weighted by Gasteiger charge is -2.34. The lowest BCUT2D eigenvalue weighted by atomic mass is 10.2. The molecule has 206 valence electrons. The van der Waals surface area contributed by atoms with Crippen molar-refractivity contribution in [2.75, 3.05) is 33.0 Å². The molecular formula is C26H24N6O7S. The third-order valence-corrected chi connectivity index (χ3v) is 8.79. The van der Waals surface area contributed by atoms with E-state index in [2.05, 4.69) is 20.1 Å². The number of H-pyrrole nitrogens is 1. The number of nitrogens with zero attached hydrogens (tertiary/aromatic N) is 5. The van der Waals surface area contributed by atoms with Crippen molar-refractivity contribution >= 4 is 38.0 Å². The second-order valence-electron chi connectivity index (χ2n) is 9.34. The van der Waals surface area contributed by atoms with E-state index >= 15 is 0 Å². The Kier molecular flexibility index (Phi) is 6.57. The van der Waals surface area contributed by atoms with E-state index < -0.39 is 14.9 Å². The van der Waals surface area contributed by atoms with Crippen molar-refractivity contribution in [3.8, 4) is 17.4 Å². The fraction of sp³-hybridized carbons (Fsp3) is 0.231. The van der Waals surface area contributed by atoms with Crippen molar-refractivity contribution in [1.29, 1.82) is 0 Å². The van der Waals surface area contributed by atoms with Crippen molar-refractivity contribution in [3.05, 3.63) is 76.3 Å². The van der Waals surface area contributed by atoms with Gasteiger partial charge in [-0.2, -0.15) is 4.31 Å². The molecule has 1 fully saturated rings. The summed E-state index contributed by atoms with van der Waals surface area (Å²) in [5, 5.41) is 30.6. The van der Waals surface area contributed by atoms with E-state index in [1.807, 2.05) is 18.2 Å². The van der Waals surface area contributed by atoms with E-state index in [4.69, 9.17) is 9.47 Å². The van der Waals surface area contributed by atoms with Crippen LogP contribution in [0.1, 0.15) is 5.56 Å². The number of azo groups is 1. The number of benzene rings is 3. The van der Waals surface area contributed by atoms with Crippen molar-refractivity contribution in [2.45, 2.75) is 11.4 Å². The Morgan fingerprint density at radius 3 is 2.55 bits per heavy atom. The highest BCUT2D eigenvalue weighted by Gasteiger charge is 2.32. The summed E-state index contributed by atoms with van der Waals surface area (Å²) >= 11 is 0. The van der Waals surface area contributed by atoms with Gasteiger partial charge in [-0.25, -0.2) is 8.42 Å². The number of aromatic hydroxyl groups is 1. The van der Waals surface area contributed by atoms with Gasteiger partial charge in [0.2, 0.25) is 22.7 Å². The van der Waals surface area contributed by atoms with Crippen LogP contribution in [0, 0.1) is 10.1 Å². The van der Waals surface area contributed by atoms with Gasteiger partial charge in [0.1, 0.15) is 10.6 Å². The van der Waals surface area contributed by atoms with Crippen molar-refractivity contribution in [2.24, 2.45) is 10.2 Å². The summed E-state index contributed by atoms with van der Waals surface area (Å²) in [5.74, 6) is 1.16. The van der Waals surface area contributed by atoms with Crippen LogP contribution in [0.4, 0.5) is 17.1 Å². The Morgan fingerprint density at radius 1 is 0.975 bits per heavy atom. The van der Waals surface area contributed by atoms with Crippen molar-refractivity contribution < 1.29 is 27.9 Å². The van der Waals surface area contributed by atoms with Crippen LogP contribution in [0.3, 0.4) is 0 Å². The molecule has 0 bridgehead atoms. The molecule has 0 saturated carbocycles. The number of aromatic amines is 1. The van der Waals surface area contributed by atoms with Crippen LogP contribution in [-0.4, -0.2) is 65.6 Å². The van der Waals surface area contributed by atoms with Gasteiger partial charge in [0, 0.05) is 50.2 Å². The zero-order chi connectivity index (χ0) is 27.9. The van der Waals surface area contributed by atoms with Gasteiger partial charge in [-0.1, -0.05) is 24.3 Å². The molecule has 0 amide bonds. The number of hydrogen-bond acceptors (Lipinski definition) is 10. The maximum atomic E-state index is 13.7. The Hall–Kier alpha value is -4.53. The highest BCUT2D eigenvalue weighted by atomic mass is 32.2. The fourth-order valence-corrected chi connectivity index (χ4v) is 6.35. The van der Waals surface area contributed by atoms with Gasteiger partial charge in [-0.15, -0.1) is 10.2 Å². The van der Waals surface area contributed by atoms with Gasteiger partial charge < -0.3 is 19.6 Å². The summed E-state index contributed by atoms with van der Waals surface area (Å²) in [6.07, 6.45) is 0. The number of ether oxygens (including phenoxy) is 2. The minimum Gasteiger partial charge on any atom is -0.493 e. The van der Waals surface area contributed by atoms with Crippen LogP contribution >= 0.6 is 0 Å². The monoisotopic (exact) mass is 564 g/mol. The van der Waals surface area contributed by atoms with Crippen LogP contribution in [0.5, 0.6) is 17.4 Å². The number of aromatic nitrogens is 1. The molecule has 4 aromatic rings. The number of hydrogen-bond donors (Lipinski definition) is 2. The SMILES string of the molecule is O=[N+]([O-])c1ccc(N=Nc2c(O)[nH]c3ccccc23)c(S(=O)(=O)N2CCN(Cc3ccc4c(c3)OCO4)CC2)c1. The molecular weight excluding hydrogens is 540 g/mol. The second kappa shape index (κ2) is 10.2. The molecule has 14 heteroatoms. The largest absolute Gasteiger partial charge is 0.493 e. The molecule has 1 aromatic heterocycles. The first-order valence-corrected chi connectivity index (χ1v) is 13.8. The third-order valence-electron chi connectivity index (χ3n) is 6.86. The van der Waals surface area contributed by atoms with Gasteiger partial charge in [-0.3, -0.25) is 15.0 Å². The molecule has 1 saturated heterocycles. The summed E-state index contributed by atoms with van der Waals surface area (Å²) in [6, 6.07) is 16.2. The summed E-state index contributed by atoms with van der Waals surface area (Å²) < 4.78 is 39.5. The molecule has 3 heterocycles. The quantitative estimate of drug-likeness (QED) is 0.189. The molecule has 13 nitrogen and oxygen atoms in total. The summed E-state index contributed by atoms with van der Waals surface area (Å²) in [4.78, 5) is 15.4. The maximum Gasteiger partial charge on any atom is 0.270 e. The molecule has 2 aliphatic heterocycles. The Labute approximate surface area is 228 Å². The Bertz CT molecular complexity index is 1750.